The van der Waals surface area contributed by atoms with Crippen molar-refractivity contribution in [1.29, 1.82) is 0 Å². The molecule has 0 saturated heterocycles. The second kappa shape index (κ2) is 6.45. The maximum absolute atomic E-state index is 13.8. The second-order valence-corrected chi connectivity index (χ2v) is 3.85. The number of halogens is 1. The van der Waals surface area contributed by atoms with Gasteiger partial charge in [-0.1, -0.05) is 17.1 Å². The molecule has 2 rings (SSSR count). The summed E-state index contributed by atoms with van der Waals surface area (Å²) in [6.07, 6.45) is 3.00. The topological polar surface area (TPSA) is 85.8 Å². The van der Waals surface area contributed by atoms with Crippen LogP contribution in [0.25, 0.3) is 0 Å². The van der Waals surface area contributed by atoms with Crippen molar-refractivity contribution in [3.8, 4) is 11.8 Å². The normalized spacial score (nSPS) is 9.70. The number of nitrogens with zero attached hydrogens (tertiary/aromatic N) is 3. The van der Waals surface area contributed by atoms with Crippen LogP contribution in [-0.2, 0) is 11.3 Å². The van der Waals surface area contributed by atoms with Gasteiger partial charge in [-0.25, -0.2) is 9.07 Å². The lowest BCUT2D eigenvalue weighted by Crippen LogP contribution is -2.19. The number of hydrogen-bond acceptors (Lipinski definition) is 4. The lowest BCUT2D eigenvalue weighted by atomic mass is 10.2. The molecule has 2 aromatic rings. The summed E-state index contributed by atoms with van der Waals surface area (Å²) in [7, 11) is 0. The number of nitrogens with one attached hydrogen (secondary N) is 1. The Morgan fingerprint density at radius 2 is 2.35 bits per heavy atom. The smallest absolute Gasteiger partial charge is 0.246 e. The van der Waals surface area contributed by atoms with Crippen LogP contribution in [0.3, 0.4) is 0 Å². The standard InChI is InChI=1S/C13H12FN5O/c14-11-8-10(2-1-5-15)3-4-12(11)17-13(20)9-19-7-6-16-18-19/h3-4,6-8H,5,9,15H2,(H,17,20). The summed E-state index contributed by atoms with van der Waals surface area (Å²) in [6, 6.07) is 4.31. The molecule has 7 heteroatoms. The molecule has 3 N–H and O–H groups in total. The third-order valence-corrected chi connectivity index (χ3v) is 2.36. The summed E-state index contributed by atoms with van der Waals surface area (Å²) >= 11 is 0. The van der Waals surface area contributed by atoms with E-state index in [2.05, 4.69) is 27.5 Å². The van der Waals surface area contributed by atoms with Crippen molar-refractivity contribution in [2.24, 2.45) is 5.73 Å². The van der Waals surface area contributed by atoms with Gasteiger partial charge in [-0.3, -0.25) is 4.79 Å². The minimum atomic E-state index is -0.555. The molecule has 0 aliphatic rings. The Hall–Kier alpha value is -2.72. The van der Waals surface area contributed by atoms with Gasteiger partial charge in [0.2, 0.25) is 5.91 Å². The van der Waals surface area contributed by atoms with Gasteiger partial charge >= 0.3 is 0 Å². The van der Waals surface area contributed by atoms with E-state index in [0.717, 1.165) is 0 Å². The van der Waals surface area contributed by atoms with Crippen LogP contribution in [0, 0.1) is 17.7 Å². The van der Waals surface area contributed by atoms with E-state index in [-0.39, 0.29) is 18.8 Å². The van der Waals surface area contributed by atoms with Gasteiger partial charge in [0, 0.05) is 11.8 Å². The molecule has 102 valence electrons. The molecule has 0 aliphatic carbocycles. The summed E-state index contributed by atoms with van der Waals surface area (Å²) in [4.78, 5) is 11.7. The van der Waals surface area contributed by atoms with Gasteiger partial charge < -0.3 is 11.1 Å². The van der Waals surface area contributed by atoms with Gasteiger partial charge in [-0.15, -0.1) is 5.10 Å². The van der Waals surface area contributed by atoms with Crippen LogP contribution in [0.5, 0.6) is 0 Å². The highest BCUT2D eigenvalue weighted by Crippen LogP contribution is 2.15. The predicted molar refractivity (Wildman–Crippen MR) is 71.0 cm³/mol. The van der Waals surface area contributed by atoms with Gasteiger partial charge in [-0.05, 0) is 18.2 Å². The molecule has 1 aromatic heterocycles. The van der Waals surface area contributed by atoms with Crippen LogP contribution in [0.2, 0.25) is 0 Å². The highest BCUT2D eigenvalue weighted by Gasteiger charge is 2.08. The molecular weight excluding hydrogens is 261 g/mol. The molecule has 1 amide bonds. The Morgan fingerprint density at radius 3 is 3.00 bits per heavy atom. The first-order chi connectivity index (χ1) is 9.69. The molecule has 0 saturated carbocycles. The highest BCUT2D eigenvalue weighted by molar-refractivity contribution is 5.90. The molecule has 0 unspecified atom stereocenters. The summed E-state index contributed by atoms with van der Waals surface area (Å²) in [5, 5.41) is 9.68. The first-order valence-corrected chi connectivity index (χ1v) is 5.81. The Kier molecular flexibility index (Phi) is 4.42. The van der Waals surface area contributed by atoms with Crippen LogP contribution < -0.4 is 11.1 Å². The van der Waals surface area contributed by atoms with Gasteiger partial charge in [0.05, 0.1) is 18.4 Å². The van der Waals surface area contributed by atoms with Crippen molar-refractivity contribution in [2.75, 3.05) is 11.9 Å². The predicted octanol–water partition coefficient (Wildman–Crippen LogP) is 0.366. The van der Waals surface area contributed by atoms with Crippen LogP contribution in [0.1, 0.15) is 5.56 Å². The fourth-order valence-electron chi connectivity index (χ4n) is 1.50. The Balaban J connectivity index is 2.04. The third kappa shape index (κ3) is 3.63. The highest BCUT2D eigenvalue weighted by atomic mass is 19.1. The molecule has 0 fully saturated rings. The molecule has 20 heavy (non-hydrogen) atoms. The number of carbonyl (C=O) groups is 1. The molecule has 1 heterocycles. The Labute approximate surface area is 114 Å². The zero-order chi connectivity index (χ0) is 14.4. The van der Waals surface area contributed by atoms with E-state index >= 15 is 0 Å². The molecule has 0 radical (unpaired) electrons. The number of hydrogen-bond donors (Lipinski definition) is 2. The average molecular weight is 273 g/mol. The number of nitrogens with two attached hydrogens (primary N) is 1. The molecule has 0 atom stereocenters. The van der Waals surface area contributed by atoms with Crippen molar-refractivity contribution >= 4 is 11.6 Å². The molecule has 0 aliphatic heterocycles. The summed E-state index contributed by atoms with van der Waals surface area (Å²) in [5.74, 6) is 4.39. The molecule has 1 aromatic carbocycles. The SMILES string of the molecule is NCC#Cc1ccc(NC(=O)Cn2ccnn2)c(F)c1. The fraction of sp³-hybridized carbons (Fsp3) is 0.154. The van der Waals surface area contributed by atoms with Crippen LogP contribution in [0.15, 0.2) is 30.6 Å². The van der Waals surface area contributed by atoms with Crippen LogP contribution in [0.4, 0.5) is 10.1 Å². The maximum Gasteiger partial charge on any atom is 0.246 e. The summed E-state index contributed by atoms with van der Waals surface area (Å²) in [5.41, 5.74) is 5.83. The monoisotopic (exact) mass is 273 g/mol. The number of carbonyl (C=O) groups excluding carboxylic acids is 1. The lowest BCUT2D eigenvalue weighted by molar-refractivity contribution is -0.116. The second-order valence-electron chi connectivity index (χ2n) is 3.85. The number of amides is 1. The van der Waals surface area contributed by atoms with E-state index in [1.54, 1.807) is 12.3 Å². The fourth-order valence-corrected chi connectivity index (χ4v) is 1.50. The van der Waals surface area contributed by atoms with Crippen molar-refractivity contribution in [1.82, 2.24) is 15.0 Å². The summed E-state index contributed by atoms with van der Waals surface area (Å²) < 4.78 is 15.1. The third-order valence-electron chi connectivity index (χ3n) is 2.36. The first kappa shape index (κ1) is 13.7. The quantitative estimate of drug-likeness (QED) is 0.791. The average Bonchev–Trinajstić information content (AvgIpc) is 2.92. The van der Waals surface area contributed by atoms with Crippen molar-refractivity contribution < 1.29 is 9.18 Å². The van der Waals surface area contributed by atoms with E-state index in [1.165, 1.54) is 23.0 Å². The molecule has 0 bridgehead atoms. The van der Waals surface area contributed by atoms with E-state index < -0.39 is 11.7 Å². The Bertz CT molecular complexity index is 657. The summed E-state index contributed by atoms with van der Waals surface area (Å²) in [6.45, 7) is 0.173. The minimum absolute atomic E-state index is 0.0336. The molecular formula is C13H12FN5O. The lowest BCUT2D eigenvalue weighted by Gasteiger charge is -2.06. The van der Waals surface area contributed by atoms with Crippen LogP contribution >= 0.6 is 0 Å². The minimum Gasteiger partial charge on any atom is -0.322 e. The zero-order valence-electron chi connectivity index (χ0n) is 10.5. The zero-order valence-corrected chi connectivity index (χ0v) is 10.5. The van der Waals surface area contributed by atoms with Crippen molar-refractivity contribution in [2.45, 2.75) is 6.54 Å². The van der Waals surface area contributed by atoms with E-state index in [9.17, 15) is 9.18 Å². The van der Waals surface area contributed by atoms with E-state index in [4.69, 9.17) is 5.73 Å². The van der Waals surface area contributed by atoms with E-state index in [1.807, 2.05) is 0 Å². The van der Waals surface area contributed by atoms with Crippen molar-refractivity contribution in [3.63, 3.8) is 0 Å². The molecule has 6 nitrogen and oxygen atoms in total. The Morgan fingerprint density at radius 1 is 1.50 bits per heavy atom. The van der Waals surface area contributed by atoms with E-state index in [0.29, 0.717) is 5.56 Å². The number of benzene rings is 1. The number of aromatic nitrogens is 3. The van der Waals surface area contributed by atoms with Crippen LogP contribution in [-0.4, -0.2) is 27.4 Å². The first-order valence-electron chi connectivity index (χ1n) is 5.81. The van der Waals surface area contributed by atoms with Gasteiger partial charge in [-0.2, -0.15) is 0 Å². The van der Waals surface area contributed by atoms with Gasteiger partial charge in [0.15, 0.2) is 0 Å². The van der Waals surface area contributed by atoms with Gasteiger partial charge in [0.25, 0.3) is 0 Å². The van der Waals surface area contributed by atoms with Crippen molar-refractivity contribution in [3.05, 3.63) is 42.0 Å². The number of rotatable bonds is 3. The number of anilines is 1. The molecule has 0 spiro atoms. The maximum atomic E-state index is 13.8. The van der Waals surface area contributed by atoms with Gasteiger partial charge in [0.1, 0.15) is 12.4 Å². The largest absolute Gasteiger partial charge is 0.322 e.